The number of nitrogens with zero attached hydrogens (tertiary/aromatic N) is 1. The van der Waals surface area contributed by atoms with Crippen molar-refractivity contribution in [2.45, 2.75) is 45.4 Å². The molecule has 2 aliphatic rings. The van der Waals surface area contributed by atoms with Crippen LogP contribution in [0, 0.1) is 11.3 Å². The van der Waals surface area contributed by atoms with Gasteiger partial charge in [-0.2, -0.15) is 0 Å². The van der Waals surface area contributed by atoms with Gasteiger partial charge in [0.05, 0.1) is 6.10 Å². The lowest BCUT2D eigenvalue weighted by Crippen LogP contribution is -2.69. The zero-order valence-electron chi connectivity index (χ0n) is 15.7. The summed E-state index contributed by atoms with van der Waals surface area (Å²) in [5, 5.41) is 3.72. The van der Waals surface area contributed by atoms with E-state index in [0.29, 0.717) is 18.1 Å². The average molecular weight is 346 g/mol. The van der Waals surface area contributed by atoms with Crippen molar-refractivity contribution in [3.63, 3.8) is 0 Å². The maximum atomic E-state index is 11.6. The highest BCUT2D eigenvalue weighted by molar-refractivity contribution is 5.77. The van der Waals surface area contributed by atoms with Gasteiger partial charge in [-0.15, -0.1) is 0 Å². The predicted molar refractivity (Wildman–Crippen MR) is 97.5 cm³/mol. The predicted octanol–water partition coefficient (Wildman–Crippen LogP) is 2.45. The summed E-state index contributed by atoms with van der Waals surface area (Å²) in [4.78, 5) is 13.2. The molecule has 3 atom stereocenters. The molecule has 1 saturated heterocycles. The van der Waals surface area contributed by atoms with Crippen molar-refractivity contribution in [2.24, 2.45) is 11.3 Å². The Balaban J connectivity index is 1.55. The van der Waals surface area contributed by atoms with E-state index in [1.165, 1.54) is 23.3 Å². The van der Waals surface area contributed by atoms with Crippen LogP contribution in [0.25, 0.3) is 0 Å². The molecule has 1 aromatic carbocycles. The smallest absolute Gasteiger partial charge is 0.259 e. The molecule has 25 heavy (non-hydrogen) atoms. The first kappa shape index (κ1) is 18.2. The zero-order valence-corrected chi connectivity index (χ0v) is 15.7. The van der Waals surface area contributed by atoms with E-state index in [9.17, 15) is 4.79 Å². The summed E-state index contributed by atoms with van der Waals surface area (Å²) in [6.07, 6.45) is 2.81. The topological polar surface area (TPSA) is 50.8 Å². The van der Waals surface area contributed by atoms with Crippen LogP contribution in [0.4, 0.5) is 0 Å². The molecule has 0 aromatic heterocycles. The van der Waals surface area contributed by atoms with Crippen molar-refractivity contribution in [3.8, 4) is 5.75 Å². The number of hydrogen-bond donors (Lipinski definition) is 1. The van der Waals surface area contributed by atoms with Gasteiger partial charge in [0, 0.05) is 44.6 Å². The maximum absolute atomic E-state index is 11.6. The number of hydrogen-bond acceptors (Lipinski definition) is 4. The monoisotopic (exact) mass is 346 g/mol. The molecule has 3 rings (SSSR count). The van der Waals surface area contributed by atoms with Crippen molar-refractivity contribution in [2.75, 3.05) is 27.3 Å². The number of nitrogens with one attached hydrogen (secondary N) is 1. The van der Waals surface area contributed by atoms with E-state index in [1.807, 2.05) is 18.2 Å². The Bertz CT molecular complexity index is 615. The molecule has 1 aromatic rings. The van der Waals surface area contributed by atoms with Crippen LogP contribution in [0.3, 0.4) is 0 Å². The van der Waals surface area contributed by atoms with E-state index < -0.39 is 0 Å². The third kappa shape index (κ3) is 3.82. The number of carbonyl (C=O) groups is 1. The fraction of sp³-hybridized carbons (Fsp3) is 0.650. The van der Waals surface area contributed by atoms with Crippen LogP contribution in [-0.4, -0.2) is 50.3 Å². The molecule has 5 nitrogen and oxygen atoms in total. The highest BCUT2D eigenvalue weighted by atomic mass is 16.5. The largest absolute Gasteiger partial charge is 0.484 e. The molecule has 1 aliphatic heterocycles. The second-order valence-electron chi connectivity index (χ2n) is 8.00. The van der Waals surface area contributed by atoms with Gasteiger partial charge in [-0.25, -0.2) is 0 Å². The number of benzene rings is 1. The first-order chi connectivity index (χ1) is 11.9. The molecule has 1 heterocycles. The minimum Gasteiger partial charge on any atom is -0.484 e. The van der Waals surface area contributed by atoms with E-state index in [0.717, 1.165) is 18.9 Å². The van der Waals surface area contributed by atoms with Gasteiger partial charge in [-0.1, -0.05) is 26.0 Å². The van der Waals surface area contributed by atoms with Gasteiger partial charge in [0.2, 0.25) is 0 Å². The molecule has 0 radical (unpaired) electrons. The van der Waals surface area contributed by atoms with Crippen LogP contribution < -0.4 is 10.1 Å². The third-order valence-electron chi connectivity index (χ3n) is 5.62. The lowest BCUT2D eigenvalue weighted by molar-refractivity contribution is -0.192. The van der Waals surface area contributed by atoms with E-state index in [-0.39, 0.29) is 17.9 Å². The summed E-state index contributed by atoms with van der Waals surface area (Å²) in [5.74, 6) is 1.32. The van der Waals surface area contributed by atoms with Crippen molar-refractivity contribution in [1.29, 1.82) is 0 Å². The quantitative estimate of drug-likeness (QED) is 0.860. The molecule has 0 bridgehead atoms. The summed E-state index contributed by atoms with van der Waals surface area (Å²) < 4.78 is 11.6. The van der Waals surface area contributed by atoms with Gasteiger partial charge < -0.3 is 19.7 Å². The minimum absolute atomic E-state index is 0.0388. The summed E-state index contributed by atoms with van der Waals surface area (Å²) in [6.45, 7) is 6.37. The first-order valence-electron chi connectivity index (χ1n) is 9.16. The van der Waals surface area contributed by atoms with E-state index in [4.69, 9.17) is 9.47 Å². The Morgan fingerprint density at radius 2 is 2.20 bits per heavy atom. The number of fused-ring (bicyclic) bond motifs is 1. The highest BCUT2D eigenvalue weighted by Crippen LogP contribution is 2.51. The fourth-order valence-corrected chi connectivity index (χ4v) is 4.18. The van der Waals surface area contributed by atoms with Crippen LogP contribution in [0.1, 0.15) is 32.3 Å². The number of likely N-dealkylation sites (N-methyl/N-ethyl adjacent to an activating group) is 1. The molecular formula is C20H30N2O3. The Hall–Kier alpha value is -1.59. The second-order valence-corrected chi connectivity index (χ2v) is 8.00. The molecule has 138 valence electrons. The Morgan fingerprint density at radius 1 is 1.40 bits per heavy atom. The number of carbonyl (C=O) groups excluding carboxylic acids is 1. The lowest BCUT2D eigenvalue weighted by atomic mass is 9.55. The average Bonchev–Trinajstić information content (AvgIpc) is 2.60. The van der Waals surface area contributed by atoms with Crippen molar-refractivity contribution >= 4 is 5.91 Å². The molecule has 0 unspecified atom stereocenters. The van der Waals surface area contributed by atoms with Crippen LogP contribution >= 0.6 is 0 Å². The van der Waals surface area contributed by atoms with E-state index in [1.54, 1.807) is 14.1 Å². The molecule has 0 spiro atoms. The van der Waals surface area contributed by atoms with Crippen LogP contribution in [0.15, 0.2) is 24.3 Å². The van der Waals surface area contributed by atoms with Crippen LogP contribution in [0.5, 0.6) is 5.75 Å². The van der Waals surface area contributed by atoms with Gasteiger partial charge >= 0.3 is 0 Å². The van der Waals surface area contributed by atoms with E-state index in [2.05, 4.69) is 25.2 Å². The zero-order chi connectivity index (χ0) is 18.0. The first-order valence-corrected chi connectivity index (χ1v) is 9.16. The van der Waals surface area contributed by atoms with Crippen LogP contribution in [-0.2, 0) is 16.1 Å². The molecular weight excluding hydrogens is 316 g/mol. The fourth-order valence-electron chi connectivity index (χ4n) is 4.18. The molecule has 1 N–H and O–H groups in total. The molecule has 1 saturated carbocycles. The summed E-state index contributed by atoms with van der Waals surface area (Å²) in [6, 6.07) is 8.46. The Kier molecular flexibility index (Phi) is 5.35. The Labute approximate surface area is 150 Å². The SMILES string of the molecule is CN(C)C(=O)COc1cccc(CN[C@@H]2[C@H]3CCCO[C@@H]3C2(C)C)c1. The molecule has 5 heteroatoms. The summed E-state index contributed by atoms with van der Waals surface area (Å²) in [5.41, 5.74) is 1.35. The number of ether oxygens (including phenoxy) is 2. The minimum atomic E-state index is -0.0388. The second kappa shape index (κ2) is 7.34. The van der Waals surface area contributed by atoms with Gasteiger partial charge in [-0.3, -0.25) is 4.79 Å². The maximum Gasteiger partial charge on any atom is 0.259 e. The number of amides is 1. The number of rotatable bonds is 6. The van der Waals surface area contributed by atoms with Crippen molar-refractivity contribution < 1.29 is 14.3 Å². The molecule has 1 amide bonds. The highest BCUT2D eigenvalue weighted by Gasteiger charge is 2.57. The normalized spacial score (nSPS) is 27.1. The van der Waals surface area contributed by atoms with E-state index >= 15 is 0 Å². The van der Waals surface area contributed by atoms with Crippen LogP contribution in [0.2, 0.25) is 0 Å². The van der Waals surface area contributed by atoms with Gasteiger partial charge in [0.25, 0.3) is 5.91 Å². The lowest BCUT2D eigenvalue weighted by Gasteiger charge is -2.60. The van der Waals surface area contributed by atoms with Crippen molar-refractivity contribution in [3.05, 3.63) is 29.8 Å². The van der Waals surface area contributed by atoms with Crippen molar-refractivity contribution in [1.82, 2.24) is 10.2 Å². The Morgan fingerprint density at radius 3 is 2.96 bits per heavy atom. The van der Waals surface area contributed by atoms with Gasteiger partial charge in [0.15, 0.2) is 6.61 Å². The summed E-state index contributed by atoms with van der Waals surface area (Å²) in [7, 11) is 3.46. The van der Waals surface area contributed by atoms with Gasteiger partial charge in [-0.05, 0) is 30.5 Å². The standard InChI is InChI=1S/C20H30N2O3/c1-20(2)18(16-9-6-10-24-19(16)20)21-12-14-7-5-8-15(11-14)25-13-17(23)22(3)4/h5,7-8,11,16,18-19,21H,6,9-10,12-13H2,1-4H3/t16-,18-,19+/m1/s1. The molecule has 2 fully saturated rings. The molecule has 1 aliphatic carbocycles. The van der Waals surface area contributed by atoms with Gasteiger partial charge in [0.1, 0.15) is 5.75 Å². The third-order valence-corrected chi connectivity index (χ3v) is 5.62. The summed E-state index contributed by atoms with van der Waals surface area (Å²) >= 11 is 0.